The quantitative estimate of drug-likeness (QED) is 0.582. The van der Waals surface area contributed by atoms with Gasteiger partial charge < -0.3 is 5.32 Å². The van der Waals surface area contributed by atoms with Gasteiger partial charge >= 0.3 is 0 Å². The lowest BCUT2D eigenvalue weighted by atomic mass is 9.90. The number of unbranched alkanes of at least 4 members (excludes halogenated alkanes) is 4. The van der Waals surface area contributed by atoms with Gasteiger partial charge in [0.25, 0.3) is 0 Å². The van der Waals surface area contributed by atoms with E-state index in [0.29, 0.717) is 0 Å². The topological polar surface area (TPSA) is 12.0 Å². The van der Waals surface area contributed by atoms with E-state index in [4.69, 9.17) is 0 Å². The molecule has 1 aliphatic heterocycles. The van der Waals surface area contributed by atoms with Crippen molar-refractivity contribution < 1.29 is 0 Å². The predicted molar refractivity (Wildman–Crippen MR) is 63.6 cm³/mol. The fourth-order valence-electron chi connectivity index (χ4n) is 2.40. The molecule has 1 rings (SSSR count). The van der Waals surface area contributed by atoms with Crippen LogP contribution in [0.1, 0.15) is 71.6 Å². The first kappa shape index (κ1) is 12.0. The molecule has 1 N–H and O–H groups in total. The molecule has 14 heavy (non-hydrogen) atoms. The zero-order chi connectivity index (χ0) is 10.2. The summed E-state index contributed by atoms with van der Waals surface area (Å²) in [7, 11) is 0. The largest absolute Gasteiger partial charge is 0.311 e. The van der Waals surface area contributed by atoms with Crippen molar-refractivity contribution in [3.8, 4) is 0 Å². The molecule has 0 aliphatic carbocycles. The molecule has 2 atom stereocenters. The molecule has 84 valence electrons. The van der Waals surface area contributed by atoms with E-state index in [1.54, 1.807) is 0 Å². The highest BCUT2D eigenvalue weighted by molar-refractivity contribution is 4.87. The monoisotopic (exact) mass is 197 g/mol. The molecule has 1 fully saturated rings. The van der Waals surface area contributed by atoms with E-state index >= 15 is 0 Å². The second-order valence-electron chi connectivity index (χ2n) is 4.79. The van der Waals surface area contributed by atoms with E-state index in [0.717, 1.165) is 12.1 Å². The maximum atomic E-state index is 3.67. The van der Waals surface area contributed by atoms with Gasteiger partial charge in [0.2, 0.25) is 0 Å². The first-order valence-electron chi connectivity index (χ1n) is 6.62. The minimum Gasteiger partial charge on any atom is -0.311 e. The van der Waals surface area contributed by atoms with E-state index in [1.807, 2.05) is 0 Å². The van der Waals surface area contributed by atoms with Gasteiger partial charge in [-0.25, -0.2) is 0 Å². The van der Waals surface area contributed by atoms with E-state index < -0.39 is 0 Å². The molecule has 1 heteroatoms. The van der Waals surface area contributed by atoms with Crippen molar-refractivity contribution in [3.63, 3.8) is 0 Å². The van der Waals surface area contributed by atoms with Crippen LogP contribution in [0.3, 0.4) is 0 Å². The third kappa shape index (κ3) is 4.45. The highest BCUT2D eigenvalue weighted by Gasteiger charge is 2.25. The lowest BCUT2D eigenvalue weighted by Crippen LogP contribution is -2.51. The molecular formula is C13H27N. The van der Waals surface area contributed by atoms with Gasteiger partial charge in [0.05, 0.1) is 0 Å². The van der Waals surface area contributed by atoms with Crippen molar-refractivity contribution in [2.24, 2.45) is 0 Å². The van der Waals surface area contributed by atoms with E-state index in [9.17, 15) is 0 Å². The van der Waals surface area contributed by atoms with Crippen LogP contribution in [0.2, 0.25) is 0 Å². The number of nitrogens with one attached hydrogen (secondary N) is 1. The Morgan fingerprint density at radius 2 is 1.50 bits per heavy atom. The summed E-state index contributed by atoms with van der Waals surface area (Å²) in [5, 5.41) is 3.67. The van der Waals surface area contributed by atoms with Crippen LogP contribution in [0, 0.1) is 0 Å². The van der Waals surface area contributed by atoms with E-state index in [2.05, 4.69) is 19.2 Å². The van der Waals surface area contributed by atoms with Crippen molar-refractivity contribution >= 4 is 0 Å². The van der Waals surface area contributed by atoms with Crippen LogP contribution >= 0.6 is 0 Å². The standard InChI is InChI=1S/C13H27N/c1-3-5-6-7-8-10-13-11-12(14-13)9-4-2/h12-14H,3-11H2,1-2H3. The maximum absolute atomic E-state index is 3.67. The molecule has 0 radical (unpaired) electrons. The molecule has 1 aliphatic rings. The summed E-state index contributed by atoms with van der Waals surface area (Å²) in [6.07, 6.45) is 12.7. The van der Waals surface area contributed by atoms with Crippen molar-refractivity contribution in [3.05, 3.63) is 0 Å². The Balaban J connectivity index is 1.81. The van der Waals surface area contributed by atoms with Crippen molar-refractivity contribution in [1.29, 1.82) is 0 Å². The molecule has 1 nitrogen and oxygen atoms in total. The Labute approximate surface area is 89.7 Å². The normalized spacial score (nSPS) is 26.1. The third-order valence-corrected chi connectivity index (χ3v) is 3.33. The zero-order valence-electron chi connectivity index (χ0n) is 10.0. The molecule has 0 amide bonds. The molecular weight excluding hydrogens is 170 g/mol. The molecule has 0 aromatic carbocycles. The summed E-state index contributed by atoms with van der Waals surface area (Å²) in [6, 6.07) is 1.73. The van der Waals surface area contributed by atoms with Gasteiger partial charge in [-0.05, 0) is 19.3 Å². The second-order valence-corrected chi connectivity index (χ2v) is 4.79. The second kappa shape index (κ2) is 7.28. The fraction of sp³-hybridized carbons (Fsp3) is 1.00. The van der Waals surface area contributed by atoms with Crippen LogP contribution in [-0.2, 0) is 0 Å². The van der Waals surface area contributed by atoms with Crippen LogP contribution in [0.15, 0.2) is 0 Å². The van der Waals surface area contributed by atoms with Crippen molar-refractivity contribution in [1.82, 2.24) is 5.32 Å². The van der Waals surface area contributed by atoms with Crippen LogP contribution < -0.4 is 5.32 Å². The number of rotatable bonds is 8. The Bertz CT molecular complexity index is 127. The third-order valence-electron chi connectivity index (χ3n) is 3.33. The van der Waals surface area contributed by atoms with Crippen LogP contribution in [0.4, 0.5) is 0 Å². The predicted octanol–water partition coefficient (Wildman–Crippen LogP) is 3.88. The summed E-state index contributed by atoms with van der Waals surface area (Å²) in [5.74, 6) is 0. The Hall–Kier alpha value is -0.0400. The lowest BCUT2D eigenvalue weighted by molar-refractivity contribution is 0.233. The van der Waals surface area contributed by atoms with Crippen LogP contribution in [0.25, 0.3) is 0 Å². The molecule has 0 bridgehead atoms. The van der Waals surface area contributed by atoms with Crippen LogP contribution in [-0.4, -0.2) is 12.1 Å². The first-order chi connectivity index (χ1) is 6.86. The minimum atomic E-state index is 0.862. The summed E-state index contributed by atoms with van der Waals surface area (Å²) >= 11 is 0. The summed E-state index contributed by atoms with van der Waals surface area (Å²) in [4.78, 5) is 0. The van der Waals surface area contributed by atoms with Gasteiger partial charge in [-0.15, -0.1) is 0 Å². The van der Waals surface area contributed by atoms with Crippen LogP contribution in [0.5, 0.6) is 0 Å². The number of hydrogen-bond donors (Lipinski definition) is 1. The van der Waals surface area contributed by atoms with Gasteiger partial charge in [0.1, 0.15) is 0 Å². The van der Waals surface area contributed by atoms with Crippen molar-refractivity contribution in [2.45, 2.75) is 83.7 Å². The van der Waals surface area contributed by atoms with Gasteiger partial charge in [-0.2, -0.15) is 0 Å². The highest BCUT2D eigenvalue weighted by atomic mass is 15.0. The fourth-order valence-corrected chi connectivity index (χ4v) is 2.40. The molecule has 0 aromatic rings. The summed E-state index contributed by atoms with van der Waals surface area (Å²) < 4.78 is 0. The van der Waals surface area contributed by atoms with E-state index in [1.165, 1.54) is 57.8 Å². The first-order valence-corrected chi connectivity index (χ1v) is 6.62. The van der Waals surface area contributed by atoms with Crippen molar-refractivity contribution in [2.75, 3.05) is 0 Å². The van der Waals surface area contributed by atoms with Gasteiger partial charge in [0, 0.05) is 12.1 Å². The summed E-state index contributed by atoms with van der Waals surface area (Å²) in [5.41, 5.74) is 0. The van der Waals surface area contributed by atoms with E-state index in [-0.39, 0.29) is 0 Å². The smallest absolute Gasteiger partial charge is 0.00844 e. The Kier molecular flexibility index (Phi) is 6.25. The molecule has 1 saturated heterocycles. The molecule has 2 unspecified atom stereocenters. The maximum Gasteiger partial charge on any atom is 0.00844 e. The SMILES string of the molecule is CCCCCCCC1CC(CCC)N1. The average molecular weight is 197 g/mol. The molecule has 1 heterocycles. The molecule has 0 saturated carbocycles. The minimum absolute atomic E-state index is 0.862. The van der Waals surface area contributed by atoms with Gasteiger partial charge in [-0.1, -0.05) is 52.4 Å². The average Bonchev–Trinajstić information content (AvgIpc) is 2.13. The summed E-state index contributed by atoms with van der Waals surface area (Å²) in [6.45, 7) is 4.56. The molecule has 0 spiro atoms. The highest BCUT2D eigenvalue weighted by Crippen LogP contribution is 2.21. The Morgan fingerprint density at radius 1 is 0.857 bits per heavy atom. The Morgan fingerprint density at radius 3 is 2.14 bits per heavy atom. The number of hydrogen-bond acceptors (Lipinski definition) is 1. The zero-order valence-corrected chi connectivity index (χ0v) is 10.0. The van der Waals surface area contributed by atoms with Gasteiger partial charge in [-0.3, -0.25) is 0 Å². The lowest BCUT2D eigenvalue weighted by Gasteiger charge is -2.37. The van der Waals surface area contributed by atoms with Gasteiger partial charge in [0.15, 0.2) is 0 Å². The molecule has 0 aromatic heterocycles.